The van der Waals surface area contributed by atoms with E-state index in [4.69, 9.17) is 9.47 Å². The van der Waals surface area contributed by atoms with Gasteiger partial charge in [0.15, 0.2) is 0 Å². The highest BCUT2D eigenvalue weighted by molar-refractivity contribution is 5.92. The number of rotatable bonds is 5. The first-order valence-electron chi connectivity index (χ1n) is 11.0. The van der Waals surface area contributed by atoms with Crippen molar-refractivity contribution in [1.82, 2.24) is 15.2 Å². The quantitative estimate of drug-likeness (QED) is 0.656. The Labute approximate surface area is 192 Å². The Morgan fingerprint density at radius 1 is 1.09 bits per heavy atom. The summed E-state index contributed by atoms with van der Waals surface area (Å²) in [6, 6.07) is 19.7. The van der Waals surface area contributed by atoms with E-state index in [2.05, 4.69) is 10.3 Å². The molecule has 2 aromatic carbocycles. The minimum absolute atomic E-state index is 0.104. The van der Waals surface area contributed by atoms with Crippen molar-refractivity contribution < 1.29 is 19.1 Å². The van der Waals surface area contributed by atoms with Gasteiger partial charge in [-0.2, -0.15) is 0 Å². The number of nitrogens with one attached hydrogen (secondary N) is 1. The maximum atomic E-state index is 13.7. The van der Waals surface area contributed by atoms with Crippen LogP contribution in [0.2, 0.25) is 0 Å². The lowest BCUT2D eigenvalue weighted by atomic mass is 9.90. The van der Waals surface area contributed by atoms with Gasteiger partial charge in [0, 0.05) is 18.9 Å². The van der Waals surface area contributed by atoms with Gasteiger partial charge in [-0.3, -0.25) is 14.6 Å². The summed E-state index contributed by atoms with van der Waals surface area (Å²) >= 11 is 0. The van der Waals surface area contributed by atoms with Crippen molar-refractivity contribution in [2.75, 3.05) is 13.7 Å². The molecule has 0 saturated carbocycles. The maximum absolute atomic E-state index is 13.7. The molecule has 0 bridgehead atoms. The molecule has 0 aliphatic carbocycles. The van der Waals surface area contributed by atoms with Crippen LogP contribution in [-0.2, 0) is 27.3 Å². The fourth-order valence-electron chi connectivity index (χ4n) is 4.67. The van der Waals surface area contributed by atoms with Crippen molar-refractivity contribution in [3.05, 3.63) is 95.3 Å². The topological polar surface area (TPSA) is 80.8 Å². The standard InChI is InChI=1S/C26H25N3O4/c1-32-25-20-11-4-5-12-22(20)33-16-21(25)28-26(31)24-19-10-3-2-8-17(19)14-23(30)29(24)15-18-9-6-7-13-27-18/h2-13,21,24-25H,14-16H2,1H3,(H,28,31)/t21-,24?,25-/m1/s1. The number of para-hydroxylation sites is 1. The fourth-order valence-corrected chi connectivity index (χ4v) is 4.67. The molecular formula is C26H25N3O4. The average molecular weight is 444 g/mol. The van der Waals surface area contributed by atoms with Crippen molar-refractivity contribution in [2.45, 2.75) is 31.2 Å². The van der Waals surface area contributed by atoms with Crippen LogP contribution in [0.1, 0.15) is 34.5 Å². The summed E-state index contributed by atoms with van der Waals surface area (Å²) in [5, 5.41) is 3.10. The third kappa shape index (κ3) is 4.07. The highest BCUT2D eigenvalue weighted by Gasteiger charge is 2.40. The smallest absolute Gasteiger partial charge is 0.247 e. The van der Waals surface area contributed by atoms with E-state index in [9.17, 15) is 9.59 Å². The Morgan fingerprint density at radius 2 is 1.85 bits per heavy atom. The van der Waals surface area contributed by atoms with Gasteiger partial charge in [0.05, 0.1) is 24.7 Å². The van der Waals surface area contributed by atoms with Crippen LogP contribution in [0, 0.1) is 0 Å². The summed E-state index contributed by atoms with van der Waals surface area (Å²) in [6.07, 6.45) is 1.60. The van der Waals surface area contributed by atoms with E-state index < -0.39 is 12.1 Å². The first-order valence-corrected chi connectivity index (χ1v) is 11.0. The summed E-state index contributed by atoms with van der Waals surface area (Å²) < 4.78 is 11.6. The number of carbonyl (C=O) groups is 2. The molecule has 0 fully saturated rings. The average Bonchev–Trinajstić information content (AvgIpc) is 2.85. The molecule has 2 aliphatic rings. The number of carbonyl (C=O) groups excluding carboxylic acids is 2. The van der Waals surface area contributed by atoms with Gasteiger partial charge in [0.1, 0.15) is 24.5 Å². The summed E-state index contributed by atoms with van der Waals surface area (Å²) in [6.45, 7) is 0.535. The molecular weight excluding hydrogens is 418 g/mol. The first-order chi connectivity index (χ1) is 16.2. The molecule has 33 heavy (non-hydrogen) atoms. The van der Waals surface area contributed by atoms with Crippen molar-refractivity contribution >= 4 is 11.8 Å². The normalized spacial score (nSPS) is 21.5. The number of methoxy groups -OCH3 is 1. The molecule has 3 atom stereocenters. The number of nitrogens with zero attached hydrogens (tertiary/aromatic N) is 2. The summed E-state index contributed by atoms with van der Waals surface area (Å²) in [5.74, 6) is 0.388. The number of benzene rings is 2. The van der Waals surface area contributed by atoms with Crippen molar-refractivity contribution in [1.29, 1.82) is 0 Å². The van der Waals surface area contributed by atoms with Crippen molar-refractivity contribution in [3.63, 3.8) is 0 Å². The lowest BCUT2D eigenvalue weighted by Gasteiger charge is -2.38. The number of amides is 2. The molecule has 1 N–H and O–H groups in total. The molecule has 0 radical (unpaired) electrons. The summed E-state index contributed by atoms with van der Waals surface area (Å²) in [4.78, 5) is 32.8. The van der Waals surface area contributed by atoms with E-state index in [0.29, 0.717) is 0 Å². The summed E-state index contributed by atoms with van der Waals surface area (Å²) in [7, 11) is 1.62. The lowest BCUT2D eigenvalue weighted by Crippen LogP contribution is -2.52. The first kappa shape index (κ1) is 21.2. The van der Waals surface area contributed by atoms with Crippen molar-refractivity contribution in [2.24, 2.45) is 0 Å². The lowest BCUT2D eigenvalue weighted by molar-refractivity contribution is -0.143. The molecule has 3 heterocycles. The molecule has 7 nitrogen and oxygen atoms in total. The van der Waals surface area contributed by atoms with Crippen LogP contribution in [0.25, 0.3) is 0 Å². The van der Waals surface area contributed by atoms with E-state index in [1.807, 2.05) is 66.7 Å². The number of ether oxygens (including phenoxy) is 2. The van der Waals surface area contributed by atoms with Gasteiger partial charge in [-0.05, 0) is 29.3 Å². The molecule has 2 aliphatic heterocycles. The molecule has 1 unspecified atom stereocenters. The number of hydrogen-bond donors (Lipinski definition) is 1. The Morgan fingerprint density at radius 3 is 2.64 bits per heavy atom. The van der Waals surface area contributed by atoms with Gasteiger partial charge in [0.25, 0.3) is 0 Å². The van der Waals surface area contributed by atoms with Gasteiger partial charge in [0.2, 0.25) is 11.8 Å². The second kappa shape index (κ2) is 9.03. The van der Waals surface area contributed by atoms with Crippen LogP contribution in [0.4, 0.5) is 0 Å². The number of pyridine rings is 1. The SMILES string of the molecule is CO[C@@H]1c2ccccc2OC[C@H]1NC(=O)C1c2ccccc2CC(=O)N1Cc1ccccn1. The third-order valence-corrected chi connectivity index (χ3v) is 6.22. The van der Waals surface area contributed by atoms with Gasteiger partial charge in [-0.1, -0.05) is 48.5 Å². The second-order valence-electron chi connectivity index (χ2n) is 8.24. The Hall–Kier alpha value is -3.71. The predicted octanol–water partition coefficient (Wildman–Crippen LogP) is 2.97. The van der Waals surface area contributed by atoms with Crippen LogP contribution in [0.3, 0.4) is 0 Å². The molecule has 5 rings (SSSR count). The monoisotopic (exact) mass is 443 g/mol. The number of aromatic nitrogens is 1. The van der Waals surface area contributed by atoms with E-state index in [1.165, 1.54) is 0 Å². The van der Waals surface area contributed by atoms with E-state index >= 15 is 0 Å². The Balaban J connectivity index is 1.45. The second-order valence-corrected chi connectivity index (χ2v) is 8.24. The van der Waals surface area contributed by atoms with Crippen molar-refractivity contribution in [3.8, 4) is 5.75 Å². The van der Waals surface area contributed by atoms with Gasteiger partial charge < -0.3 is 19.7 Å². The Kier molecular flexibility index (Phi) is 5.79. The molecule has 2 amide bonds. The predicted molar refractivity (Wildman–Crippen MR) is 121 cm³/mol. The van der Waals surface area contributed by atoms with E-state index in [1.54, 1.807) is 18.2 Å². The minimum Gasteiger partial charge on any atom is -0.491 e. The van der Waals surface area contributed by atoms with Gasteiger partial charge in [-0.15, -0.1) is 0 Å². The summed E-state index contributed by atoms with van der Waals surface area (Å²) in [5.41, 5.74) is 3.32. The van der Waals surface area contributed by atoms with Crippen LogP contribution in [0.15, 0.2) is 72.9 Å². The van der Waals surface area contributed by atoms with Crippen LogP contribution in [-0.4, -0.2) is 41.5 Å². The molecule has 168 valence electrons. The zero-order valence-corrected chi connectivity index (χ0v) is 18.3. The van der Waals surface area contributed by atoms with Crippen LogP contribution in [0.5, 0.6) is 5.75 Å². The Bertz CT molecular complexity index is 1170. The molecule has 3 aromatic rings. The highest BCUT2D eigenvalue weighted by atomic mass is 16.5. The van der Waals surface area contributed by atoms with Crippen LogP contribution < -0.4 is 10.1 Å². The number of fused-ring (bicyclic) bond motifs is 2. The van der Waals surface area contributed by atoms with Gasteiger partial charge >= 0.3 is 0 Å². The number of hydrogen-bond acceptors (Lipinski definition) is 5. The van der Waals surface area contributed by atoms with E-state index in [-0.39, 0.29) is 37.5 Å². The highest BCUT2D eigenvalue weighted by Crippen LogP contribution is 2.36. The zero-order chi connectivity index (χ0) is 22.8. The molecule has 0 saturated heterocycles. The minimum atomic E-state index is -0.765. The molecule has 7 heteroatoms. The maximum Gasteiger partial charge on any atom is 0.247 e. The third-order valence-electron chi connectivity index (χ3n) is 6.22. The fraction of sp³-hybridized carbons (Fsp3) is 0.269. The molecule has 0 spiro atoms. The van der Waals surface area contributed by atoms with Gasteiger partial charge in [-0.25, -0.2) is 0 Å². The van der Waals surface area contributed by atoms with Crippen LogP contribution >= 0.6 is 0 Å². The van der Waals surface area contributed by atoms with E-state index in [0.717, 1.165) is 28.1 Å². The largest absolute Gasteiger partial charge is 0.491 e. The zero-order valence-electron chi connectivity index (χ0n) is 18.3. The molecule has 1 aromatic heterocycles.